The minimum absolute atomic E-state index is 0.219. The lowest BCUT2D eigenvalue weighted by atomic mass is 10.1. The maximum atomic E-state index is 9.10. The number of ether oxygens (including phenoxy) is 2. The summed E-state index contributed by atoms with van der Waals surface area (Å²) in [6, 6.07) is 6.10. The molecule has 4 heteroatoms. The van der Waals surface area contributed by atoms with E-state index in [9.17, 15) is 0 Å². The zero-order chi connectivity index (χ0) is 13.7. The van der Waals surface area contributed by atoms with Gasteiger partial charge in [-0.2, -0.15) is 0 Å². The van der Waals surface area contributed by atoms with Gasteiger partial charge in [-0.05, 0) is 24.6 Å². The van der Waals surface area contributed by atoms with Gasteiger partial charge in [-0.25, -0.2) is 0 Å². The highest BCUT2D eigenvalue weighted by molar-refractivity contribution is 5.40. The van der Waals surface area contributed by atoms with Crippen LogP contribution in [0.2, 0.25) is 0 Å². The average Bonchev–Trinajstić information content (AvgIpc) is 2.92. The summed E-state index contributed by atoms with van der Waals surface area (Å²) in [6.07, 6.45) is 5.14. The summed E-state index contributed by atoms with van der Waals surface area (Å²) >= 11 is 0. The smallest absolute Gasteiger partial charge is 0.123 e. The Morgan fingerprint density at radius 1 is 1.26 bits per heavy atom. The second kappa shape index (κ2) is 6.59. The van der Waals surface area contributed by atoms with E-state index in [1.54, 1.807) is 14.2 Å². The minimum atomic E-state index is 0.219. The van der Waals surface area contributed by atoms with Gasteiger partial charge in [0, 0.05) is 30.7 Å². The molecule has 0 saturated heterocycles. The van der Waals surface area contributed by atoms with Gasteiger partial charge in [-0.15, -0.1) is 0 Å². The van der Waals surface area contributed by atoms with Crippen LogP contribution in [0.4, 0.5) is 0 Å². The van der Waals surface area contributed by atoms with Gasteiger partial charge in [-0.1, -0.05) is 12.2 Å². The Hall–Kier alpha value is -1.52. The van der Waals surface area contributed by atoms with Crippen LogP contribution in [0.25, 0.3) is 0 Å². The molecule has 0 saturated carbocycles. The van der Waals surface area contributed by atoms with Gasteiger partial charge in [0.05, 0.1) is 14.2 Å². The van der Waals surface area contributed by atoms with Gasteiger partial charge < -0.3 is 19.9 Å². The lowest BCUT2D eigenvalue weighted by Crippen LogP contribution is -2.26. The van der Waals surface area contributed by atoms with Gasteiger partial charge in [0.15, 0.2) is 0 Å². The summed E-state index contributed by atoms with van der Waals surface area (Å²) in [7, 11) is 3.33. The molecule has 4 nitrogen and oxygen atoms in total. The fourth-order valence-electron chi connectivity index (χ4n) is 2.32. The van der Waals surface area contributed by atoms with Crippen molar-refractivity contribution in [2.24, 2.45) is 5.92 Å². The van der Waals surface area contributed by atoms with E-state index < -0.39 is 0 Å². The van der Waals surface area contributed by atoms with E-state index in [-0.39, 0.29) is 12.5 Å². The number of aliphatic hydroxyl groups is 1. The van der Waals surface area contributed by atoms with E-state index >= 15 is 0 Å². The molecule has 0 aromatic heterocycles. The number of benzene rings is 1. The Morgan fingerprint density at radius 3 is 2.74 bits per heavy atom. The second-order valence-electron chi connectivity index (χ2n) is 4.73. The van der Waals surface area contributed by atoms with Crippen molar-refractivity contribution in [3.8, 4) is 11.5 Å². The molecule has 2 rings (SSSR count). The third-order valence-corrected chi connectivity index (χ3v) is 3.45. The summed E-state index contributed by atoms with van der Waals surface area (Å²) in [5.41, 5.74) is 1.07. The Bertz CT molecular complexity index is 445. The lowest BCUT2D eigenvalue weighted by molar-refractivity contribution is 0.246. The molecule has 1 aliphatic rings. The van der Waals surface area contributed by atoms with Crippen LogP contribution < -0.4 is 14.8 Å². The normalized spacial score (nSPS) is 21.6. The number of methoxy groups -OCH3 is 2. The van der Waals surface area contributed by atoms with Crippen molar-refractivity contribution in [1.82, 2.24) is 5.32 Å². The van der Waals surface area contributed by atoms with Crippen molar-refractivity contribution in [3.05, 3.63) is 35.9 Å². The molecule has 0 heterocycles. The molecule has 1 aromatic carbocycles. The summed E-state index contributed by atoms with van der Waals surface area (Å²) < 4.78 is 10.6. The van der Waals surface area contributed by atoms with E-state index in [4.69, 9.17) is 14.6 Å². The quantitative estimate of drug-likeness (QED) is 0.767. The first-order chi connectivity index (χ1) is 9.26. The van der Waals surface area contributed by atoms with Crippen LogP contribution in [0, 0.1) is 5.92 Å². The molecule has 104 valence electrons. The van der Waals surface area contributed by atoms with Crippen LogP contribution in [0.3, 0.4) is 0 Å². The van der Waals surface area contributed by atoms with Gasteiger partial charge >= 0.3 is 0 Å². The first kappa shape index (κ1) is 13.9. The third kappa shape index (κ3) is 3.49. The number of aliphatic hydroxyl groups excluding tert-OH is 1. The lowest BCUT2D eigenvalue weighted by Gasteiger charge is -2.15. The summed E-state index contributed by atoms with van der Waals surface area (Å²) in [4.78, 5) is 0. The molecule has 2 N–H and O–H groups in total. The van der Waals surface area contributed by atoms with E-state index in [0.717, 1.165) is 23.5 Å². The van der Waals surface area contributed by atoms with Gasteiger partial charge in [0.25, 0.3) is 0 Å². The van der Waals surface area contributed by atoms with Crippen LogP contribution in [0.15, 0.2) is 30.4 Å². The largest absolute Gasteiger partial charge is 0.497 e. The molecule has 2 atom stereocenters. The van der Waals surface area contributed by atoms with Crippen molar-refractivity contribution in [3.63, 3.8) is 0 Å². The Labute approximate surface area is 114 Å². The predicted octanol–water partition coefficient (Wildman–Crippen LogP) is 1.73. The fourth-order valence-corrected chi connectivity index (χ4v) is 2.32. The average molecular weight is 263 g/mol. The van der Waals surface area contributed by atoms with Crippen molar-refractivity contribution in [1.29, 1.82) is 0 Å². The standard InChI is InChI=1S/C15H21NO3/c1-18-14-5-6-15(19-2)12(8-14)9-16-13-4-3-11(7-13)10-17/h3-6,8,11,13,16-17H,7,9-10H2,1-2H3/t11-,13+/m0/s1. The SMILES string of the molecule is COc1ccc(OC)c(CN[C@@H]2C=C[C@H](CO)C2)c1. The van der Waals surface area contributed by atoms with Crippen LogP contribution >= 0.6 is 0 Å². The van der Waals surface area contributed by atoms with E-state index in [1.165, 1.54) is 0 Å². The molecular formula is C15H21NO3. The van der Waals surface area contributed by atoms with Crippen molar-refractivity contribution < 1.29 is 14.6 Å². The monoisotopic (exact) mass is 263 g/mol. The number of nitrogens with one attached hydrogen (secondary N) is 1. The number of hydrogen-bond donors (Lipinski definition) is 2. The van der Waals surface area contributed by atoms with Crippen LogP contribution in [-0.4, -0.2) is 32.0 Å². The second-order valence-corrected chi connectivity index (χ2v) is 4.73. The molecule has 1 aliphatic carbocycles. The molecule has 1 aromatic rings. The molecular weight excluding hydrogens is 242 g/mol. The molecule has 0 fully saturated rings. The summed E-state index contributed by atoms with van der Waals surface area (Å²) in [6.45, 7) is 0.935. The Balaban J connectivity index is 1.97. The van der Waals surface area contributed by atoms with Crippen LogP contribution in [-0.2, 0) is 6.54 Å². The molecule has 0 bridgehead atoms. The van der Waals surface area contributed by atoms with Crippen molar-refractivity contribution >= 4 is 0 Å². The molecule has 0 unspecified atom stereocenters. The van der Waals surface area contributed by atoms with Gasteiger partial charge in [0.1, 0.15) is 11.5 Å². The van der Waals surface area contributed by atoms with Crippen LogP contribution in [0.5, 0.6) is 11.5 Å². The Kier molecular flexibility index (Phi) is 4.82. The molecule has 0 spiro atoms. The maximum Gasteiger partial charge on any atom is 0.123 e. The summed E-state index contributed by atoms with van der Waals surface area (Å²) in [5, 5.41) is 12.6. The molecule has 0 radical (unpaired) electrons. The zero-order valence-corrected chi connectivity index (χ0v) is 11.4. The highest BCUT2D eigenvalue weighted by Crippen LogP contribution is 2.24. The van der Waals surface area contributed by atoms with E-state index in [2.05, 4.69) is 17.5 Å². The topological polar surface area (TPSA) is 50.7 Å². The molecule has 0 amide bonds. The van der Waals surface area contributed by atoms with Gasteiger partial charge in [0.2, 0.25) is 0 Å². The van der Waals surface area contributed by atoms with E-state index in [0.29, 0.717) is 12.6 Å². The zero-order valence-electron chi connectivity index (χ0n) is 11.4. The minimum Gasteiger partial charge on any atom is -0.497 e. The highest BCUT2D eigenvalue weighted by Gasteiger charge is 2.17. The molecule has 19 heavy (non-hydrogen) atoms. The third-order valence-electron chi connectivity index (χ3n) is 3.45. The van der Waals surface area contributed by atoms with Crippen LogP contribution in [0.1, 0.15) is 12.0 Å². The molecule has 0 aliphatic heterocycles. The Morgan fingerprint density at radius 2 is 2.11 bits per heavy atom. The number of hydrogen-bond acceptors (Lipinski definition) is 4. The van der Waals surface area contributed by atoms with Crippen molar-refractivity contribution in [2.75, 3.05) is 20.8 Å². The van der Waals surface area contributed by atoms with Crippen molar-refractivity contribution in [2.45, 2.75) is 19.0 Å². The summed E-state index contributed by atoms with van der Waals surface area (Å²) in [5.74, 6) is 1.96. The predicted molar refractivity (Wildman–Crippen MR) is 74.5 cm³/mol. The van der Waals surface area contributed by atoms with E-state index in [1.807, 2.05) is 18.2 Å². The number of rotatable bonds is 6. The fraction of sp³-hybridized carbons (Fsp3) is 0.467. The maximum absolute atomic E-state index is 9.10. The first-order valence-corrected chi connectivity index (χ1v) is 6.50. The first-order valence-electron chi connectivity index (χ1n) is 6.50. The van der Waals surface area contributed by atoms with Gasteiger partial charge in [-0.3, -0.25) is 0 Å². The highest BCUT2D eigenvalue weighted by atomic mass is 16.5.